The number of rotatable bonds is 7. The molecule has 0 aliphatic heterocycles. The molecule has 0 unspecified atom stereocenters. The molecule has 0 atom stereocenters. The molecule has 0 saturated carbocycles. The third-order valence-corrected chi connectivity index (χ3v) is 3.52. The Morgan fingerprint density at radius 2 is 1.73 bits per heavy atom. The number of nitrogens with zero attached hydrogens (tertiary/aromatic N) is 1. The highest BCUT2D eigenvalue weighted by Crippen LogP contribution is 2.12. The summed E-state index contributed by atoms with van der Waals surface area (Å²) in [5.41, 5.74) is 3.61. The molecule has 2 aromatic rings. The van der Waals surface area contributed by atoms with E-state index >= 15 is 0 Å². The zero-order valence-corrected chi connectivity index (χ0v) is 12.7. The summed E-state index contributed by atoms with van der Waals surface area (Å²) in [6.45, 7) is 4.00. The van der Waals surface area contributed by atoms with Crippen molar-refractivity contribution in [1.29, 1.82) is 0 Å². The molecule has 0 spiro atoms. The zero-order chi connectivity index (χ0) is 15.9. The van der Waals surface area contributed by atoms with E-state index in [-0.39, 0.29) is 12.2 Å². The van der Waals surface area contributed by atoms with Crippen LogP contribution in [0.5, 0.6) is 0 Å². The van der Waals surface area contributed by atoms with E-state index in [2.05, 4.69) is 29.2 Å². The summed E-state index contributed by atoms with van der Waals surface area (Å²) in [7, 11) is 0. The molecule has 22 heavy (non-hydrogen) atoms. The topological polar surface area (TPSA) is 60.8 Å². The van der Waals surface area contributed by atoms with Crippen LogP contribution in [0.15, 0.2) is 48.5 Å². The third kappa shape index (κ3) is 4.69. The number of aliphatic hydroxyl groups is 1. The fourth-order valence-corrected chi connectivity index (χ4v) is 2.37. The highest BCUT2D eigenvalue weighted by atomic mass is 16.4. The highest BCUT2D eigenvalue weighted by molar-refractivity contribution is 5.87. The first-order chi connectivity index (χ1) is 10.6. The van der Waals surface area contributed by atoms with Crippen molar-refractivity contribution in [2.45, 2.75) is 20.0 Å². The molecule has 0 aromatic heterocycles. The molecule has 2 N–H and O–H groups in total. The fraction of sp³-hybridized carbons (Fsp3) is 0.278. The van der Waals surface area contributed by atoms with Gasteiger partial charge in [-0.25, -0.2) is 4.79 Å². The second-order valence-electron chi connectivity index (χ2n) is 5.43. The normalized spacial score (nSPS) is 10.9. The molecule has 0 aliphatic carbocycles. The molecular weight excluding hydrogens is 278 g/mol. The lowest BCUT2D eigenvalue weighted by Crippen LogP contribution is -2.26. The minimum atomic E-state index is -0.922. The number of hydrogen-bond donors (Lipinski definition) is 2. The smallest absolute Gasteiger partial charge is 0.335 e. The third-order valence-electron chi connectivity index (χ3n) is 3.52. The van der Waals surface area contributed by atoms with Crippen molar-refractivity contribution in [3.05, 3.63) is 70.8 Å². The van der Waals surface area contributed by atoms with Crippen LogP contribution < -0.4 is 0 Å². The first-order valence-corrected chi connectivity index (χ1v) is 7.29. The Balaban J connectivity index is 2.09. The molecule has 0 amide bonds. The van der Waals surface area contributed by atoms with Crippen LogP contribution in [0.1, 0.15) is 27.0 Å². The number of aryl methyl sites for hydroxylation is 1. The maximum absolute atomic E-state index is 11.0. The van der Waals surface area contributed by atoms with Gasteiger partial charge in [0, 0.05) is 19.6 Å². The molecule has 0 saturated heterocycles. The van der Waals surface area contributed by atoms with Crippen molar-refractivity contribution in [3.8, 4) is 0 Å². The van der Waals surface area contributed by atoms with Gasteiger partial charge in [-0.1, -0.05) is 42.0 Å². The van der Waals surface area contributed by atoms with Crippen LogP contribution in [0.2, 0.25) is 0 Å². The van der Waals surface area contributed by atoms with Gasteiger partial charge in [0.2, 0.25) is 0 Å². The van der Waals surface area contributed by atoms with Gasteiger partial charge in [0.1, 0.15) is 0 Å². The van der Waals surface area contributed by atoms with E-state index in [1.807, 2.05) is 13.0 Å². The summed E-state index contributed by atoms with van der Waals surface area (Å²) in [4.78, 5) is 13.1. The summed E-state index contributed by atoms with van der Waals surface area (Å²) < 4.78 is 0. The molecule has 0 bridgehead atoms. The van der Waals surface area contributed by atoms with Gasteiger partial charge in [-0.05, 0) is 30.2 Å². The van der Waals surface area contributed by atoms with Crippen molar-refractivity contribution in [1.82, 2.24) is 4.90 Å². The first kappa shape index (κ1) is 16.2. The van der Waals surface area contributed by atoms with Crippen molar-refractivity contribution in [2.75, 3.05) is 13.2 Å². The summed E-state index contributed by atoms with van der Waals surface area (Å²) in [5, 5.41) is 18.3. The predicted molar refractivity (Wildman–Crippen MR) is 85.8 cm³/mol. The van der Waals surface area contributed by atoms with Crippen LogP contribution >= 0.6 is 0 Å². The van der Waals surface area contributed by atoms with Gasteiger partial charge in [0.15, 0.2) is 0 Å². The van der Waals surface area contributed by atoms with E-state index in [9.17, 15) is 9.90 Å². The Morgan fingerprint density at radius 3 is 2.36 bits per heavy atom. The Labute approximate surface area is 130 Å². The van der Waals surface area contributed by atoms with Crippen LogP contribution in [0.3, 0.4) is 0 Å². The minimum absolute atomic E-state index is 0.0739. The number of carbonyl (C=O) groups is 1. The van der Waals surface area contributed by atoms with E-state index < -0.39 is 5.97 Å². The molecule has 0 radical (unpaired) electrons. The average molecular weight is 299 g/mol. The van der Waals surface area contributed by atoms with Gasteiger partial charge in [0.25, 0.3) is 0 Å². The van der Waals surface area contributed by atoms with E-state index in [1.165, 1.54) is 11.1 Å². The van der Waals surface area contributed by atoms with Crippen molar-refractivity contribution < 1.29 is 15.0 Å². The summed E-state index contributed by atoms with van der Waals surface area (Å²) in [5.74, 6) is -0.922. The zero-order valence-electron chi connectivity index (χ0n) is 12.7. The van der Waals surface area contributed by atoms with Crippen LogP contribution in [-0.4, -0.2) is 34.2 Å². The van der Waals surface area contributed by atoms with Gasteiger partial charge >= 0.3 is 5.97 Å². The minimum Gasteiger partial charge on any atom is -0.478 e. The van der Waals surface area contributed by atoms with Gasteiger partial charge in [-0.2, -0.15) is 0 Å². The SMILES string of the molecule is Cc1ccc(CN(CCO)Cc2cccc(C(=O)O)c2)cc1. The maximum atomic E-state index is 11.0. The van der Waals surface area contributed by atoms with E-state index in [1.54, 1.807) is 18.2 Å². The second-order valence-corrected chi connectivity index (χ2v) is 5.43. The lowest BCUT2D eigenvalue weighted by Gasteiger charge is -2.21. The molecule has 0 heterocycles. The fourth-order valence-electron chi connectivity index (χ4n) is 2.37. The Hall–Kier alpha value is -2.17. The Morgan fingerprint density at radius 1 is 1.05 bits per heavy atom. The molecule has 2 aromatic carbocycles. The maximum Gasteiger partial charge on any atom is 0.335 e. The van der Waals surface area contributed by atoms with Crippen LogP contribution in [-0.2, 0) is 13.1 Å². The number of aromatic carboxylic acids is 1. The molecular formula is C18H21NO3. The first-order valence-electron chi connectivity index (χ1n) is 7.29. The highest BCUT2D eigenvalue weighted by Gasteiger charge is 2.09. The van der Waals surface area contributed by atoms with E-state index in [0.717, 1.165) is 12.1 Å². The molecule has 4 heteroatoms. The summed E-state index contributed by atoms with van der Waals surface area (Å²) in [6, 6.07) is 15.2. The number of carboxylic acid groups (broad SMARTS) is 1. The Bertz CT molecular complexity index is 622. The lowest BCUT2D eigenvalue weighted by molar-refractivity contribution is 0.0696. The van der Waals surface area contributed by atoms with Crippen LogP contribution in [0.4, 0.5) is 0 Å². The number of benzene rings is 2. The van der Waals surface area contributed by atoms with Gasteiger partial charge in [0.05, 0.1) is 12.2 Å². The predicted octanol–water partition coefficient (Wildman–Crippen LogP) is 2.69. The molecule has 0 aliphatic rings. The van der Waals surface area contributed by atoms with Crippen LogP contribution in [0.25, 0.3) is 0 Å². The summed E-state index contributed by atoms with van der Waals surface area (Å²) in [6.07, 6.45) is 0. The standard InChI is InChI=1S/C18H21NO3/c1-14-5-7-15(8-6-14)12-19(9-10-20)13-16-3-2-4-17(11-16)18(21)22/h2-8,11,20H,9-10,12-13H2,1H3,(H,21,22). The number of hydrogen-bond acceptors (Lipinski definition) is 3. The average Bonchev–Trinajstić information content (AvgIpc) is 2.50. The van der Waals surface area contributed by atoms with Gasteiger partial charge in [-0.15, -0.1) is 0 Å². The number of aliphatic hydroxyl groups excluding tert-OH is 1. The lowest BCUT2D eigenvalue weighted by atomic mass is 10.1. The van der Waals surface area contributed by atoms with Gasteiger partial charge in [-0.3, -0.25) is 4.90 Å². The second kappa shape index (κ2) is 7.73. The molecule has 0 fully saturated rings. The quantitative estimate of drug-likeness (QED) is 0.825. The van der Waals surface area contributed by atoms with Crippen molar-refractivity contribution in [3.63, 3.8) is 0 Å². The van der Waals surface area contributed by atoms with Gasteiger partial charge < -0.3 is 10.2 Å². The number of carboxylic acids is 1. The Kier molecular flexibility index (Phi) is 5.69. The monoisotopic (exact) mass is 299 g/mol. The van der Waals surface area contributed by atoms with Crippen LogP contribution in [0, 0.1) is 6.92 Å². The summed E-state index contributed by atoms with van der Waals surface area (Å²) >= 11 is 0. The molecule has 2 rings (SSSR count). The molecule has 116 valence electrons. The van der Waals surface area contributed by atoms with Crippen molar-refractivity contribution in [2.24, 2.45) is 0 Å². The van der Waals surface area contributed by atoms with E-state index in [0.29, 0.717) is 13.1 Å². The largest absolute Gasteiger partial charge is 0.478 e. The molecule has 4 nitrogen and oxygen atoms in total. The van der Waals surface area contributed by atoms with Crippen molar-refractivity contribution >= 4 is 5.97 Å². The van der Waals surface area contributed by atoms with E-state index in [4.69, 9.17) is 5.11 Å².